The van der Waals surface area contributed by atoms with Crippen LogP contribution in [-0.4, -0.2) is 26.7 Å². The van der Waals surface area contributed by atoms with E-state index in [1.54, 1.807) is 19.2 Å². The van der Waals surface area contributed by atoms with E-state index in [4.69, 9.17) is 14.3 Å². The molecule has 0 fully saturated rings. The van der Waals surface area contributed by atoms with Crippen LogP contribution in [0.1, 0.15) is 28.9 Å². The maximum Gasteiger partial charge on any atom is 0.337 e. The molecule has 0 N–H and O–H groups in total. The number of benzene rings is 2. The van der Waals surface area contributed by atoms with Crippen molar-refractivity contribution in [3.8, 4) is 5.75 Å². The summed E-state index contributed by atoms with van der Waals surface area (Å²) >= 11 is 0. The fourth-order valence-corrected chi connectivity index (χ4v) is 2.74. The average Bonchev–Trinajstić information content (AvgIpc) is 2.68. The zero-order valence-electron chi connectivity index (χ0n) is 14.6. The van der Waals surface area contributed by atoms with Crippen molar-refractivity contribution in [1.29, 1.82) is 0 Å². The minimum Gasteiger partial charge on any atom is -0.497 e. The number of methoxy groups -OCH3 is 2. The van der Waals surface area contributed by atoms with Gasteiger partial charge in [0.15, 0.2) is 0 Å². The number of rotatable bonds is 4. The second-order valence-corrected chi connectivity index (χ2v) is 5.81. The Kier molecular flexibility index (Phi) is 5.05. The molecule has 0 saturated carbocycles. The number of hydrogen-bond acceptors (Lipinski definition) is 5. The summed E-state index contributed by atoms with van der Waals surface area (Å²) in [5.74, 6) is 0.467. The SMILES string of the molecule is COC(=O)c1ccc(N2CC=C(C)C(c3ccc(OC)cc3)O2)cc1. The van der Waals surface area contributed by atoms with E-state index in [0.29, 0.717) is 12.1 Å². The van der Waals surface area contributed by atoms with Crippen LogP contribution in [0.5, 0.6) is 5.75 Å². The maximum atomic E-state index is 11.5. The van der Waals surface area contributed by atoms with Gasteiger partial charge in [-0.05, 0) is 54.5 Å². The van der Waals surface area contributed by atoms with Gasteiger partial charge in [-0.25, -0.2) is 9.86 Å². The Bertz CT molecular complexity index is 765. The Morgan fingerprint density at radius 2 is 1.76 bits per heavy atom. The summed E-state index contributed by atoms with van der Waals surface area (Å²) in [6, 6.07) is 15.0. The lowest BCUT2D eigenvalue weighted by Gasteiger charge is -2.33. The maximum absolute atomic E-state index is 11.5. The predicted molar refractivity (Wildman–Crippen MR) is 95.7 cm³/mol. The third kappa shape index (κ3) is 3.67. The smallest absolute Gasteiger partial charge is 0.337 e. The molecule has 3 rings (SSSR count). The molecule has 0 saturated heterocycles. The van der Waals surface area contributed by atoms with Gasteiger partial charge < -0.3 is 9.47 Å². The Hall–Kier alpha value is -2.79. The van der Waals surface area contributed by atoms with E-state index in [0.717, 1.165) is 22.6 Å². The van der Waals surface area contributed by atoms with E-state index < -0.39 is 0 Å². The van der Waals surface area contributed by atoms with Crippen LogP contribution in [0.3, 0.4) is 0 Å². The molecule has 1 heterocycles. The molecular formula is C20H21NO4. The van der Waals surface area contributed by atoms with Crippen molar-refractivity contribution in [2.75, 3.05) is 25.8 Å². The number of esters is 1. The van der Waals surface area contributed by atoms with Crippen LogP contribution in [0.25, 0.3) is 0 Å². The lowest BCUT2D eigenvalue weighted by molar-refractivity contribution is 0.0498. The lowest BCUT2D eigenvalue weighted by Crippen LogP contribution is -2.30. The van der Waals surface area contributed by atoms with Crippen LogP contribution in [0, 0.1) is 0 Å². The number of hydroxylamine groups is 1. The zero-order valence-corrected chi connectivity index (χ0v) is 14.6. The van der Waals surface area contributed by atoms with Crippen LogP contribution in [0.2, 0.25) is 0 Å². The fourth-order valence-electron chi connectivity index (χ4n) is 2.74. The van der Waals surface area contributed by atoms with Crippen molar-refractivity contribution >= 4 is 11.7 Å². The van der Waals surface area contributed by atoms with Crippen molar-refractivity contribution in [2.45, 2.75) is 13.0 Å². The van der Waals surface area contributed by atoms with Crippen molar-refractivity contribution in [3.63, 3.8) is 0 Å². The van der Waals surface area contributed by atoms with E-state index >= 15 is 0 Å². The Morgan fingerprint density at radius 3 is 2.36 bits per heavy atom. The van der Waals surface area contributed by atoms with Gasteiger partial charge in [0, 0.05) is 0 Å². The molecule has 1 unspecified atom stereocenters. The fraction of sp³-hybridized carbons (Fsp3) is 0.250. The second kappa shape index (κ2) is 7.40. The highest BCUT2D eigenvalue weighted by molar-refractivity contribution is 5.89. The monoisotopic (exact) mass is 339 g/mol. The molecule has 2 aromatic carbocycles. The third-order valence-electron chi connectivity index (χ3n) is 4.22. The number of hydrogen-bond donors (Lipinski definition) is 0. The quantitative estimate of drug-likeness (QED) is 0.624. The highest BCUT2D eigenvalue weighted by Gasteiger charge is 2.23. The van der Waals surface area contributed by atoms with Crippen LogP contribution in [0.4, 0.5) is 5.69 Å². The van der Waals surface area contributed by atoms with Gasteiger partial charge in [0.25, 0.3) is 0 Å². The summed E-state index contributed by atoms with van der Waals surface area (Å²) in [5.41, 5.74) is 3.62. The highest BCUT2D eigenvalue weighted by Crippen LogP contribution is 2.33. The molecule has 5 nitrogen and oxygen atoms in total. The molecule has 130 valence electrons. The van der Waals surface area contributed by atoms with Crippen LogP contribution < -0.4 is 9.80 Å². The van der Waals surface area contributed by atoms with E-state index in [1.807, 2.05) is 41.5 Å². The Labute approximate surface area is 147 Å². The zero-order chi connectivity index (χ0) is 17.8. The molecule has 1 aliphatic rings. The summed E-state index contributed by atoms with van der Waals surface area (Å²) in [5, 5.41) is 1.82. The van der Waals surface area contributed by atoms with E-state index in [9.17, 15) is 4.79 Å². The van der Waals surface area contributed by atoms with Crippen LogP contribution in [0.15, 0.2) is 60.2 Å². The molecule has 0 bridgehead atoms. The van der Waals surface area contributed by atoms with Crippen molar-refractivity contribution in [3.05, 3.63) is 71.3 Å². The molecule has 0 amide bonds. The molecule has 0 aromatic heterocycles. The van der Waals surface area contributed by atoms with Crippen LogP contribution >= 0.6 is 0 Å². The summed E-state index contributed by atoms with van der Waals surface area (Å²) in [6.45, 7) is 2.71. The van der Waals surface area contributed by atoms with E-state index in [2.05, 4.69) is 13.0 Å². The number of carbonyl (C=O) groups excluding carboxylic acids is 1. The Balaban J connectivity index is 1.79. The van der Waals surface area contributed by atoms with Gasteiger partial charge in [0.05, 0.1) is 32.0 Å². The van der Waals surface area contributed by atoms with Crippen molar-refractivity contribution < 1.29 is 19.1 Å². The normalized spacial score (nSPS) is 17.0. The lowest BCUT2D eigenvalue weighted by atomic mass is 10.0. The molecule has 1 aliphatic heterocycles. The number of anilines is 1. The minimum atomic E-state index is -0.349. The first-order valence-corrected chi connectivity index (χ1v) is 8.05. The standard InChI is InChI=1S/C20H21NO4/c1-14-12-13-21(17-8-4-16(5-9-17)20(22)24-3)25-19(14)15-6-10-18(23-2)11-7-15/h4-12,19H,13H2,1-3H3. The summed E-state index contributed by atoms with van der Waals surface area (Å²) in [6.07, 6.45) is 1.99. The third-order valence-corrected chi connectivity index (χ3v) is 4.22. The molecular weight excluding hydrogens is 318 g/mol. The predicted octanol–water partition coefficient (Wildman–Crippen LogP) is 3.92. The molecule has 5 heteroatoms. The van der Waals surface area contributed by atoms with Crippen LogP contribution in [-0.2, 0) is 9.57 Å². The number of carbonyl (C=O) groups is 1. The molecule has 25 heavy (non-hydrogen) atoms. The van der Waals surface area contributed by atoms with Crippen molar-refractivity contribution in [2.24, 2.45) is 0 Å². The molecule has 0 aliphatic carbocycles. The molecule has 0 spiro atoms. The van der Waals surface area contributed by atoms with Gasteiger partial charge in [-0.15, -0.1) is 0 Å². The first kappa shape index (κ1) is 17.0. The van der Waals surface area contributed by atoms with E-state index in [1.165, 1.54) is 7.11 Å². The first-order valence-electron chi connectivity index (χ1n) is 8.05. The summed E-state index contributed by atoms with van der Waals surface area (Å²) < 4.78 is 9.94. The first-order chi connectivity index (χ1) is 12.1. The highest BCUT2D eigenvalue weighted by atomic mass is 16.7. The van der Waals surface area contributed by atoms with Gasteiger partial charge >= 0.3 is 5.97 Å². The average molecular weight is 339 g/mol. The molecule has 1 atom stereocenters. The van der Waals surface area contributed by atoms with Gasteiger partial charge in [-0.2, -0.15) is 0 Å². The summed E-state index contributed by atoms with van der Waals surface area (Å²) in [7, 11) is 3.02. The Morgan fingerprint density at radius 1 is 1.08 bits per heavy atom. The minimum absolute atomic E-state index is 0.153. The molecule has 0 radical (unpaired) electrons. The van der Waals surface area contributed by atoms with Gasteiger partial charge in [-0.3, -0.25) is 4.84 Å². The van der Waals surface area contributed by atoms with Gasteiger partial charge in [-0.1, -0.05) is 18.2 Å². The van der Waals surface area contributed by atoms with E-state index in [-0.39, 0.29) is 12.1 Å². The molecule has 2 aromatic rings. The number of ether oxygens (including phenoxy) is 2. The number of nitrogens with zero attached hydrogens (tertiary/aromatic N) is 1. The largest absolute Gasteiger partial charge is 0.497 e. The van der Waals surface area contributed by atoms with Crippen molar-refractivity contribution in [1.82, 2.24) is 0 Å². The van der Waals surface area contributed by atoms with Gasteiger partial charge in [0.2, 0.25) is 0 Å². The second-order valence-electron chi connectivity index (χ2n) is 5.81. The summed E-state index contributed by atoms with van der Waals surface area (Å²) in [4.78, 5) is 17.7. The van der Waals surface area contributed by atoms with Gasteiger partial charge in [0.1, 0.15) is 11.9 Å². The topological polar surface area (TPSA) is 48.0 Å².